The molecule has 1 saturated heterocycles. The molecule has 1 amide bonds. The predicted molar refractivity (Wildman–Crippen MR) is 92.7 cm³/mol. The molecule has 8 nitrogen and oxygen atoms in total. The van der Waals surface area contributed by atoms with Gasteiger partial charge < -0.3 is 14.9 Å². The van der Waals surface area contributed by atoms with Gasteiger partial charge in [-0.15, -0.1) is 0 Å². The zero-order valence-corrected chi connectivity index (χ0v) is 15.0. The van der Waals surface area contributed by atoms with Crippen molar-refractivity contribution in [1.82, 2.24) is 14.8 Å². The molecule has 2 aromatic rings. The number of aromatic nitrogens is 1. The van der Waals surface area contributed by atoms with E-state index in [9.17, 15) is 18.3 Å². The standard InChI is InChI=1S/C17H21N3O5S/c21-12-15-5-1-2-8-20(15)26(23,24)16-6-3-4-13(10-16)17(22)18-11-14-7-9-25-19-14/h3-4,6-7,9-10,15,21H,1-2,5,8,11-12H2,(H,18,22). The first-order valence-electron chi connectivity index (χ1n) is 8.42. The fraction of sp³-hybridized carbons (Fsp3) is 0.412. The molecule has 2 heterocycles. The van der Waals surface area contributed by atoms with E-state index in [2.05, 4.69) is 10.5 Å². The van der Waals surface area contributed by atoms with Crippen molar-refractivity contribution in [3.05, 3.63) is 47.9 Å². The number of benzene rings is 1. The first-order valence-corrected chi connectivity index (χ1v) is 9.86. The lowest BCUT2D eigenvalue weighted by Gasteiger charge is -2.33. The highest BCUT2D eigenvalue weighted by Crippen LogP contribution is 2.25. The van der Waals surface area contributed by atoms with Crippen LogP contribution in [0.4, 0.5) is 0 Å². The van der Waals surface area contributed by atoms with Gasteiger partial charge in [-0.05, 0) is 31.0 Å². The molecule has 140 valence electrons. The fourth-order valence-electron chi connectivity index (χ4n) is 3.01. The number of nitrogens with one attached hydrogen (secondary N) is 1. The van der Waals surface area contributed by atoms with Gasteiger partial charge in [-0.1, -0.05) is 17.6 Å². The number of hydrogen-bond acceptors (Lipinski definition) is 6. The topological polar surface area (TPSA) is 113 Å². The molecule has 9 heteroatoms. The van der Waals surface area contributed by atoms with Gasteiger partial charge in [-0.25, -0.2) is 8.42 Å². The van der Waals surface area contributed by atoms with Crippen molar-refractivity contribution in [2.75, 3.05) is 13.2 Å². The molecular weight excluding hydrogens is 358 g/mol. The molecule has 26 heavy (non-hydrogen) atoms. The first kappa shape index (κ1) is 18.6. The Bertz CT molecular complexity index is 851. The molecule has 1 aromatic carbocycles. The summed E-state index contributed by atoms with van der Waals surface area (Å²) < 4.78 is 31.9. The highest BCUT2D eigenvalue weighted by Gasteiger charge is 2.33. The second-order valence-corrected chi connectivity index (χ2v) is 8.04. The van der Waals surface area contributed by atoms with Gasteiger partial charge in [0.2, 0.25) is 10.0 Å². The summed E-state index contributed by atoms with van der Waals surface area (Å²) in [4.78, 5) is 12.3. The Morgan fingerprint density at radius 1 is 1.35 bits per heavy atom. The normalized spacial score (nSPS) is 18.6. The maximum Gasteiger partial charge on any atom is 0.251 e. The van der Waals surface area contributed by atoms with E-state index in [1.165, 1.54) is 28.8 Å². The van der Waals surface area contributed by atoms with Crippen molar-refractivity contribution in [2.45, 2.75) is 36.7 Å². The SMILES string of the molecule is O=C(NCc1ccon1)c1cccc(S(=O)(=O)N2CCCCC2CO)c1. The van der Waals surface area contributed by atoms with Crippen LogP contribution in [0, 0.1) is 0 Å². The zero-order chi connectivity index (χ0) is 18.6. The van der Waals surface area contributed by atoms with Crippen LogP contribution < -0.4 is 5.32 Å². The van der Waals surface area contributed by atoms with Crippen molar-refractivity contribution < 1.29 is 22.8 Å². The minimum atomic E-state index is -3.77. The Kier molecular flexibility index (Phi) is 5.70. The first-order chi connectivity index (χ1) is 12.5. The van der Waals surface area contributed by atoms with Crippen molar-refractivity contribution >= 4 is 15.9 Å². The van der Waals surface area contributed by atoms with Gasteiger partial charge in [0.1, 0.15) is 12.0 Å². The molecule has 2 N–H and O–H groups in total. The Hall–Kier alpha value is -2.23. The number of carbonyl (C=O) groups is 1. The third-order valence-electron chi connectivity index (χ3n) is 4.41. The van der Waals surface area contributed by atoms with Gasteiger partial charge in [0.25, 0.3) is 5.91 Å². The van der Waals surface area contributed by atoms with E-state index in [-0.39, 0.29) is 23.6 Å². The number of rotatable bonds is 6. The van der Waals surface area contributed by atoms with Crippen molar-refractivity contribution in [3.63, 3.8) is 0 Å². The molecule has 1 atom stereocenters. The lowest BCUT2D eigenvalue weighted by atomic mass is 10.1. The number of carbonyl (C=O) groups excluding carboxylic acids is 1. The summed E-state index contributed by atoms with van der Waals surface area (Å²) in [6.07, 6.45) is 3.69. The number of piperidine rings is 1. The molecule has 0 aliphatic carbocycles. The summed E-state index contributed by atoms with van der Waals surface area (Å²) in [5.41, 5.74) is 0.813. The number of amides is 1. The lowest BCUT2D eigenvalue weighted by Crippen LogP contribution is -2.45. The van der Waals surface area contributed by atoms with Crippen molar-refractivity contribution in [2.24, 2.45) is 0 Å². The van der Waals surface area contributed by atoms with Crippen molar-refractivity contribution in [3.8, 4) is 0 Å². The molecule has 3 rings (SSSR count). The smallest absolute Gasteiger partial charge is 0.251 e. The quantitative estimate of drug-likeness (QED) is 0.778. The van der Waals surface area contributed by atoms with E-state index in [1.807, 2.05) is 0 Å². The summed E-state index contributed by atoms with van der Waals surface area (Å²) >= 11 is 0. The summed E-state index contributed by atoms with van der Waals surface area (Å²) in [6.45, 7) is 0.346. The summed E-state index contributed by atoms with van der Waals surface area (Å²) in [6, 6.07) is 7.13. The van der Waals surface area contributed by atoms with Crippen LogP contribution in [0.1, 0.15) is 35.3 Å². The van der Waals surface area contributed by atoms with Crippen LogP contribution >= 0.6 is 0 Å². The molecule has 0 bridgehead atoms. The minimum Gasteiger partial charge on any atom is -0.395 e. The third kappa shape index (κ3) is 3.95. The Morgan fingerprint density at radius 2 is 2.19 bits per heavy atom. The largest absolute Gasteiger partial charge is 0.395 e. The lowest BCUT2D eigenvalue weighted by molar-refractivity contribution is 0.0950. The zero-order valence-electron chi connectivity index (χ0n) is 14.2. The summed E-state index contributed by atoms with van der Waals surface area (Å²) in [5.74, 6) is -0.401. The highest BCUT2D eigenvalue weighted by atomic mass is 32.2. The molecule has 0 spiro atoms. The van der Waals surface area contributed by atoms with Gasteiger partial charge in [0, 0.05) is 24.2 Å². The van der Waals surface area contributed by atoms with Gasteiger partial charge >= 0.3 is 0 Å². The predicted octanol–water partition coefficient (Wildman–Crippen LogP) is 1.14. The van der Waals surface area contributed by atoms with Crippen LogP contribution in [0.3, 0.4) is 0 Å². The van der Waals surface area contributed by atoms with Gasteiger partial charge in [0.15, 0.2) is 0 Å². The monoisotopic (exact) mass is 379 g/mol. The van der Waals surface area contributed by atoms with Crippen LogP contribution in [0.2, 0.25) is 0 Å². The van der Waals surface area contributed by atoms with Crippen LogP contribution in [-0.2, 0) is 16.6 Å². The molecule has 1 fully saturated rings. The average molecular weight is 379 g/mol. The van der Waals surface area contributed by atoms with E-state index in [0.29, 0.717) is 18.7 Å². The van der Waals surface area contributed by atoms with Gasteiger partial charge in [-0.2, -0.15) is 4.31 Å². The maximum atomic E-state index is 12.9. The van der Waals surface area contributed by atoms with E-state index in [1.54, 1.807) is 12.1 Å². The van der Waals surface area contributed by atoms with Crippen molar-refractivity contribution in [1.29, 1.82) is 0 Å². The van der Waals surface area contributed by atoms with E-state index < -0.39 is 22.0 Å². The second-order valence-electron chi connectivity index (χ2n) is 6.15. The molecule has 0 saturated carbocycles. The van der Waals surface area contributed by atoms with E-state index in [0.717, 1.165) is 12.8 Å². The molecule has 1 aliphatic heterocycles. The third-order valence-corrected chi connectivity index (χ3v) is 6.36. The van der Waals surface area contributed by atoms with Crippen LogP contribution in [0.25, 0.3) is 0 Å². The molecule has 0 radical (unpaired) electrons. The molecule has 1 aliphatic rings. The average Bonchev–Trinajstić information content (AvgIpc) is 3.19. The Morgan fingerprint density at radius 3 is 2.92 bits per heavy atom. The van der Waals surface area contributed by atoms with Crippen LogP contribution in [-0.4, -0.2) is 48.1 Å². The van der Waals surface area contributed by atoms with Crippen LogP contribution in [0.15, 0.2) is 46.0 Å². The van der Waals surface area contributed by atoms with Crippen LogP contribution in [0.5, 0.6) is 0 Å². The fourth-order valence-corrected chi connectivity index (χ4v) is 4.74. The number of hydrogen-bond donors (Lipinski definition) is 2. The molecule has 1 unspecified atom stereocenters. The number of nitrogens with zero attached hydrogens (tertiary/aromatic N) is 2. The summed E-state index contributed by atoms with van der Waals surface area (Å²) in [5, 5.41) is 15.9. The highest BCUT2D eigenvalue weighted by molar-refractivity contribution is 7.89. The van der Waals surface area contributed by atoms with Gasteiger partial charge in [0.05, 0.1) is 18.0 Å². The minimum absolute atomic E-state index is 0.0481. The van der Waals surface area contributed by atoms with E-state index >= 15 is 0 Å². The number of sulfonamides is 1. The van der Waals surface area contributed by atoms with E-state index in [4.69, 9.17) is 4.52 Å². The number of aliphatic hydroxyl groups excluding tert-OH is 1. The maximum absolute atomic E-state index is 12.9. The Balaban J connectivity index is 1.78. The van der Waals surface area contributed by atoms with Gasteiger partial charge in [-0.3, -0.25) is 4.79 Å². The second kappa shape index (κ2) is 7.98. The molecule has 1 aromatic heterocycles. The molecular formula is C17H21N3O5S. The Labute approximate surface area is 151 Å². The summed E-state index contributed by atoms with van der Waals surface area (Å²) in [7, 11) is -3.77. The number of aliphatic hydroxyl groups is 1.